The van der Waals surface area contributed by atoms with Crippen LogP contribution in [0, 0.1) is 12.7 Å². The van der Waals surface area contributed by atoms with Gasteiger partial charge in [0.25, 0.3) is 0 Å². The van der Waals surface area contributed by atoms with E-state index in [1.54, 1.807) is 31.5 Å². The maximum Gasteiger partial charge on any atom is 0.212 e. The third kappa shape index (κ3) is 3.77. The van der Waals surface area contributed by atoms with E-state index in [4.69, 9.17) is 9.47 Å². The van der Waals surface area contributed by atoms with Crippen LogP contribution in [0.25, 0.3) is 11.1 Å². The van der Waals surface area contributed by atoms with Crippen molar-refractivity contribution in [1.82, 2.24) is 4.98 Å². The number of ether oxygens (including phenoxy) is 2. The molecule has 0 saturated heterocycles. The number of hydrogen-bond donors (Lipinski definition) is 1. The smallest absolute Gasteiger partial charge is 0.212 e. The minimum absolute atomic E-state index is 0.212. The summed E-state index contributed by atoms with van der Waals surface area (Å²) in [6, 6.07) is 14.4. The Hall–Kier alpha value is -3.08. The van der Waals surface area contributed by atoms with Gasteiger partial charge in [-0.15, -0.1) is 0 Å². The lowest BCUT2D eigenvalue weighted by Crippen LogP contribution is -2.04. The van der Waals surface area contributed by atoms with Crippen LogP contribution in [-0.4, -0.2) is 19.1 Å². The van der Waals surface area contributed by atoms with Crippen LogP contribution in [0.15, 0.2) is 54.7 Å². The highest BCUT2D eigenvalue weighted by atomic mass is 19.1. The first-order valence-corrected chi connectivity index (χ1v) is 8.31. The summed E-state index contributed by atoms with van der Waals surface area (Å²) >= 11 is 0. The summed E-state index contributed by atoms with van der Waals surface area (Å²) in [6.07, 6.45) is 1.69. The molecule has 0 amide bonds. The van der Waals surface area contributed by atoms with E-state index < -0.39 is 5.82 Å². The molecule has 0 bridgehead atoms. The average molecular weight is 352 g/mol. The van der Waals surface area contributed by atoms with Crippen LogP contribution >= 0.6 is 0 Å². The summed E-state index contributed by atoms with van der Waals surface area (Å²) < 4.78 is 25.1. The van der Waals surface area contributed by atoms with E-state index in [1.165, 1.54) is 6.07 Å². The van der Waals surface area contributed by atoms with E-state index >= 15 is 0 Å². The predicted octanol–water partition coefficient (Wildman–Crippen LogP) is 4.83. The number of hydrogen-bond acceptors (Lipinski definition) is 4. The van der Waals surface area contributed by atoms with Gasteiger partial charge in [-0.25, -0.2) is 9.37 Å². The Morgan fingerprint density at radius 1 is 1.08 bits per heavy atom. The number of nitrogens with zero attached hydrogens (tertiary/aromatic N) is 1. The zero-order chi connectivity index (χ0) is 18.5. The molecule has 2 aromatic carbocycles. The molecule has 3 aromatic rings. The molecule has 4 nitrogen and oxygen atoms in total. The number of anilines is 1. The minimum atomic E-state index is -0.394. The maximum absolute atomic E-state index is 14.2. The summed E-state index contributed by atoms with van der Waals surface area (Å²) in [6.45, 7) is 2.29. The second-order valence-corrected chi connectivity index (χ2v) is 5.87. The number of halogens is 1. The Morgan fingerprint density at radius 2 is 1.88 bits per heavy atom. The number of aryl methyl sites for hydroxylation is 1. The molecule has 0 spiro atoms. The van der Waals surface area contributed by atoms with Gasteiger partial charge in [0.05, 0.1) is 7.11 Å². The molecule has 1 heterocycles. The third-order valence-electron chi connectivity index (χ3n) is 4.26. The van der Waals surface area contributed by atoms with Crippen molar-refractivity contribution in [3.8, 4) is 22.8 Å². The van der Waals surface area contributed by atoms with Gasteiger partial charge in [-0.3, -0.25) is 0 Å². The molecule has 134 valence electrons. The lowest BCUT2D eigenvalue weighted by molar-refractivity contribution is 0.290. The second kappa shape index (κ2) is 7.87. The highest BCUT2D eigenvalue weighted by Crippen LogP contribution is 2.28. The molecule has 0 atom stereocenters. The largest absolute Gasteiger partial charge is 0.486 e. The van der Waals surface area contributed by atoms with Crippen molar-refractivity contribution in [3.63, 3.8) is 0 Å². The molecule has 1 aromatic heterocycles. The number of methoxy groups -OCH3 is 1. The zero-order valence-corrected chi connectivity index (χ0v) is 15.0. The van der Waals surface area contributed by atoms with E-state index in [0.29, 0.717) is 5.88 Å². The fourth-order valence-corrected chi connectivity index (χ4v) is 2.74. The van der Waals surface area contributed by atoms with Crippen LogP contribution in [0.4, 0.5) is 10.1 Å². The minimum Gasteiger partial charge on any atom is -0.486 e. The van der Waals surface area contributed by atoms with Crippen LogP contribution in [0.1, 0.15) is 11.1 Å². The highest BCUT2D eigenvalue weighted by Gasteiger charge is 2.10. The summed E-state index contributed by atoms with van der Waals surface area (Å²) in [5.41, 5.74) is 4.76. The lowest BCUT2D eigenvalue weighted by atomic mass is 10.1. The molecule has 5 heteroatoms. The molecule has 0 aliphatic carbocycles. The predicted molar refractivity (Wildman–Crippen MR) is 101 cm³/mol. The van der Waals surface area contributed by atoms with Crippen LogP contribution in [-0.2, 0) is 6.61 Å². The van der Waals surface area contributed by atoms with Crippen LogP contribution in [0.2, 0.25) is 0 Å². The molecule has 1 N–H and O–H groups in total. The van der Waals surface area contributed by atoms with Gasteiger partial charge in [0, 0.05) is 36.1 Å². The normalized spacial score (nSPS) is 10.5. The Morgan fingerprint density at radius 3 is 2.58 bits per heavy atom. The molecule has 0 aliphatic rings. The molecule has 0 radical (unpaired) electrons. The van der Waals surface area contributed by atoms with Crippen molar-refractivity contribution in [1.29, 1.82) is 0 Å². The van der Waals surface area contributed by atoms with Crippen LogP contribution in [0.3, 0.4) is 0 Å². The van der Waals surface area contributed by atoms with Crippen molar-refractivity contribution < 1.29 is 13.9 Å². The SMILES string of the molecule is CNc1cccc(C)c1COc1cc(-c2ccc(OC)nc2)ccc1F. The van der Waals surface area contributed by atoms with E-state index in [2.05, 4.69) is 10.3 Å². The number of nitrogens with one attached hydrogen (secondary N) is 1. The van der Waals surface area contributed by atoms with Gasteiger partial charge in [0.1, 0.15) is 6.61 Å². The average Bonchev–Trinajstić information content (AvgIpc) is 2.68. The van der Waals surface area contributed by atoms with Gasteiger partial charge < -0.3 is 14.8 Å². The van der Waals surface area contributed by atoms with Gasteiger partial charge >= 0.3 is 0 Å². The number of aromatic nitrogens is 1. The second-order valence-electron chi connectivity index (χ2n) is 5.87. The Kier molecular flexibility index (Phi) is 5.37. The molecule has 0 aliphatic heterocycles. The Bertz CT molecular complexity index is 895. The van der Waals surface area contributed by atoms with Crippen molar-refractivity contribution in [2.45, 2.75) is 13.5 Å². The van der Waals surface area contributed by atoms with E-state index in [-0.39, 0.29) is 12.4 Å². The zero-order valence-electron chi connectivity index (χ0n) is 15.0. The van der Waals surface area contributed by atoms with Crippen molar-refractivity contribution in [2.24, 2.45) is 0 Å². The molecular weight excluding hydrogens is 331 g/mol. The van der Waals surface area contributed by atoms with Gasteiger partial charge in [-0.2, -0.15) is 0 Å². The van der Waals surface area contributed by atoms with E-state index in [1.807, 2.05) is 38.2 Å². The summed E-state index contributed by atoms with van der Waals surface area (Å²) in [5, 5.41) is 3.14. The fraction of sp³-hybridized carbons (Fsp3) is 0.190. The first kappa shape index (κ1) is 17.7. The quantitative estimate of drug-likeness (QED) is 0.690. The van der Waals surface area contributed by atoms with E-state index in [9.17, 15) is 4.39 Å². The van der Waals surface area contributed by atoms with Gasteiger partial charge in [0.2, 0.25) is 5.88 Å². The molecule has 0 saturated carbocycles. The number of rotatable bonds is 6. The Labute approximate surface area is 152 Å². The number of pyridine rings is 1. The fourth-order valence-electron chi connectivity index (χ4n) is 2.74. The number of benzene rings is 2. The first-order chi connectivity index (χ1) is 12.6. The lowest BCUT2D eigenvalue weighted by Gasteiger charge is -2.14. The standard InChI is InChI=1S/C21H21FN2O2/c1-14-5-4-6-19(23-2)17(14)13-26-20-11-15(7-9-18(20)22)16-8-10-21(25-3)24-12-16/h4-12,23H,13H2,1-3H3. The molecule has 0 unspecified atom stereocenters. The van der Waals surface area contributed by atoms with Crippen LogP contribution < -0.4 is 14.8 Å². The van der Waals surface area contributed by atoms with Crippen molar-refractivity contribution in [2.75, 3.05) is 19.5 Å². The van der Waals surface area contributed by atoms with Crippen molar-refractivity contribution >= 4 is 5.69 Å². The third-order valence-corrected chi connectivity index (χ3v) is 4.26. The molecule has 26 heavy (non-hydrogen) atoms. The highest BCUT2D eigenvalue weighted by molar-refractivity contribution is 5.64. The van der Waals surface area contributed by atoms with Gasteiger partial charge in [-0.05, 0) is 42.3 Å². The summed E-state index contributed by atoms with van der Waals surface area (Å²) in [5.74, 6) is 0.352. The van der Waals surface area contributed by atoms with Gasteiger partial charge in [0.15, 0.2) is 11.6 Å². The van der Waals surface area contributed by atoms with E-state index in [0.717, 1.165) is 27.9 Å². The topological polar surface area (TPSA) is 43.4 Å². The monoisotopic (exact) mass is 352 g/mol. The van der Waals surface area contributed by atoms with Gasteiger partial charge in [-0.1, -0.05) is 18.2 Å². The molecule has 0 fully saturated rings. The van der Waals surface area contributed by atoms with Crippen molar-refractivity contribution in [3.05, 3.63) is 71.7 Å². The Balaban J connectivity index is 1.84. The maximum atomic E-state index is 14.2. The molecular formula is C21H21FN2O2. The van der Waals surface area contributed by atoms with Crippen LogP contribution in [0.5, 0.6) is 11.6 Å². The first-order valence-electron chi connectivity index (χ1n) is 8.31. The summed E-state index contributed by atoms with van der Waals surface area (Å²) in [7, 11) is 3.42. The summed E-state index contributed by atoms with van der Waals surface area (Å²) in [4.78, 5) is 4.19. The molecule has 3 rings (SSSR count).